The third kappa shape index (κ3) is 2.64. The van der Waals surface area contributed by atoms with Crippen molar-refractivity contribution in [3.05, 3.63) is 17.6 Å². The summed E-state index contributed by atoms with van der Waals surface area (Å²) >= 11 is 0. The Balaban J connectivity index is 1.47. The Morgan fingerprint density at radius 1 is 1.30 bits per heavy atom. The summed E-state index contributed by atoms with van der Waals surface area (Å²) in [6, 6.07) is 2.10. The highest BCUT2D eigenvalue weighted by Gasteiger charge is 2.56. The summed E-state index contributed by atoms with van der Waals surface area (Å²) in [7, 11) is 0. The van der Waals surface area contributed by atoms with Crippen molar-refractivity contribution >= 4 is 5.82 Å². The molecule has 1 aromatic heterocycles. The van der Waals surface area contributed by atoms with E-state index in [9.17, 15) is 5.11 Å². The number of anilines is 1. The first-order chi connectivity index (χ1) is 11.1. The van der Waals surface area contributed by atoms with E-state index in [-0.39, 0.29) is 17.6 Å². The van der Waals surface area contributed by atoms with Crippen LogP contribution in [-0.4, -0.2) is 47.0 Å². The molecule has 0 amide bonds. The Bertz CT molecular complexity index is 578. The molecule has 23 heavy (non-hydrogen) atoms. The molecule has 0 bridgehead atoms. The molecule has 0 radical (unpaired) electrons. The van der Waals surface area contributed by atoms with Crippen LogP contribution in [0.1, 0.15) is 56.5 Å². The zero-order chi connectivity index (χ0) is 16.0. The minimum atomic E-state index is -0.199. The molecule has 4 rings (SSSR count). The second kappa shape index (κ2) is 5.71. The molecular formula is C18H27N3O2. The van der Waals surface area contributed by atoms with E-state index < -0.39 is 0 Å². The standard InChI is InChI=1S/C18H27N3O2/c1-3-23-15-11-14(22)18(15)6-8-21(9-7-18)16-10-12(2)19-17(20-16)13-4-5-13/h10,13-15,22H,3-9,11H2,1-2H3/t14-,15-/m1/s1. The third-order valence-electron chi connectivity index (χ3n) is 5.93. The second-order valence-electron chi connectivity index (χ2n) is 7.42. The van der Waals surface area contributed by atoms with Crippen LogP contribution >= 0.6 is 0 Å². The van der Waals surface area contributed by atoms with Crippen LogP contribution in [0, 0.1) is 12.3 Å². The quantitative estimate of drug-likeness (QED) is 0.924. The first-order valence-electron chi connectivity index (χ1n) is 9.02. The lowest BCUT2D eigenvalue weighted by Crippen LogP contribution is -2.62. The number of hydrogen-bond donors (Lipinski definition) is 1. The van der Waals surface area contributed by atoms with E-state index in [0.29, 0.717) is 5.92 Å². The fourth-order valence-electron chi connectivity index (χ4n) is 4.23. The lowest BCUT2D eigenvalue weighted by atomic mass is 9.58. The van der Waals surface area contributed by atoms with Crippen LogP contribution < -0.4 is 4.90 Å². The molecule has 5 heteroatoms. The van der Waals surface area contributed by atoms with Gasteiger partial charge in [-0.1, -0.05) is 0 Å². The minimum Gasteiger partial charge on any atom is -0.392 e. The summed E-state index contributed by atoms with van der Waals surface area (Å²) in [4.78, 5) is 11.8. The number of aliphatic hydroxyl groups is 1. The first kappa shape index (κ1) is 15.3. The number of aryl methyl sites for hydroxylation is 1. The number of aliphatic hydroxyl groups excluding tert-OH is 1. The van der Waals surface area contributed by atoms with Gasteiger partial charge in [-0.2, -0.15) is 0 Å². The van der Waals surface area contributed by atoms with Crippen molar-refractivity contribution in [2.75, 3.05) is 24.6 Å². The average Bonchev–Trinajstić information content (AvgIpc) is 3.39. The van der Waals surface area contributed by atoms with Gasteiger partial charge in [0.25, 0.3) is 0 Å². The number of hydrogen-bond acceptors (Lipinski definition) is 5. The Morgan fingerprint density at radius 2 is 2.04 bits per heavy atom. The van der Waals surface area contributed by atoms with Crippen molar-refractivity contribution in [2.45, 2.75) is 64.1 Å². The van der Waals surface area contributed by atoms with Crippen LogP contribution in [0.2, 0.25) is 0 Å². The van der Waals surface area contributed by atoms with Gasteiger partial charge in [-0.15, -0.1) is 0 Å². The van der Waals surface area contributed by atoms with Crippen molar-refractivity contribution in [1.82, 2.24) is 9.97 Å². The zero-order valence-corrected chi connectivity index (χ0v) is 14.2. The maximum Gasteiger partial charge on any atom is 0.134 e. The van der Waals surface area contributed by atoms with Crippen LogP contribution in [0.3, 0.4) is 0 Å². The molecule has 1 N–H and O–H groups in total. The molecule has 0 unspecified atom stereocenters. The van der Waals surface area contributed by atoms with E-state index in [1.54, 1.807) is 0 Å². The first-order valence-corrected chi connectivity index (χ1v) is 9.02. The van der Waals surface area contributed by atoms with Gasteiger partial charge in [-0.25, -0.2) is 9.97 Å². The molecule has 126 valence electrons. The van der Waals surface area contributed by atoms with Crippen LogP contribution in [0.25, 0.3) is 0 Å². The fraction of sp³-hybridized carbons (Fsp3) is 0.778. The average molecular weight is 317 g/mol. The Labute approximate surface area is 138 Å². The lowest BCUT2D eigenvalue weighted by Gasteiger charge is -2.56. The molecule has 0 aromatic carbocycles. The van der Waals surface area contributed by atoms with Crippen molar-refractivity contribution < 1.29 is 9.84 Å². The van der Waals surface area contributed by atoms with Gasteiger partial charge in [0.15, 0.2) is 0 Å². The predicted molar refractivity (Wildman–Crippen MR) is 88.7 cm³/mol. The van der Waals surface area contributed by atoms with Gasteiger partial charge in [0.05, 0.1) is 12.2 Å². The molecule has 2 aliphatic carbocycles. The second-order valence-corrected chi connectivity index (χ2v) is 7.42. The third-order valence-corrected chi connectivity index (χ3v) is 5.93. The smallest absolute Gasteiger partial charge is 0.134 e. The van der Waals surface area contributed by atoms with Crippen LogP contribution in [-0.2, 0) is 4.74 Å². The molecule has 1 spiro atoms. The summed E-state index contributed by atoms with van der Waals surface area (Å²) in [6.45, 7) is 6.72. The fourth-order valence-corrected chi connectivity index (χ4v) is 4.23. The number of ether oxygens (including phenoxy) is 1. The topological polar surface area (TPSA) is 58.5 Å². The number of rotatable bonds is 4. The van der Waals surface area contributed by atoms with Gasteiger partial charge in [0.2, 0.25) is 0 Å². The van der Waals surface area contributed by atoms with Gasteiger partial charge in [0, 0.05) is 49.2 Å². The Hall–Kier alpha value is -1.20. The molecule has 1 saturated heterocycles. The molecule has 1 aromatic rings. The molecule has 2 atom stereocenters. The molecule has 3 fully saturated rings. The van der Waals surface area contributed by atoms with Gasteiger partial charge < -0.3 is 14.7 Å². The van der Waals surface area contributed by atoms with E-state index in [1.165, 1.54) is 12.8 Å². The van der Waals surface area contributed by atoms with E-state index in [1.807, 2.05) is 6.92 Å². The normalized spacial score (nSPS) is 29.6. The Morgan fingerprint density at radius 3 is 2.65 bits per heavy atom. The van der Waals surface area contributed by atoms with E-state index >= 15 is 0 Å². The number of nitrogens with zero attached hydrogens (tertiary/aromatic N) is 3. The largest absolute Gasteiger partial charge is 0.392 e. The molecule has 1 aliphatic heterocycles. The Kier molecular flexibility index (Phi) is 3.81. The predicted octanol–water partition coefficient (Wildman–Crippen LogP) is 2.42. The van der Waals surface area contributed by atoms with Gasteiger partial charge >= 0.3 is 0 Å². The van der Waals surface area contributed by atoms with Crippen LogP contribution in [0.4, 0.5) is 5.82 Å². The maximum atomic E-state index is 10.3. The highest BCUT2D eigenvalue weighted by molar-refractivity contribution is 5.41. The van der Waals surface area contributed by atoms with E-state index in [4.69, 9.17) is 9.72 Å². The van der Waals surface area contributed by atoms with Crippen molar-refractivity contribution in [3.8, 4) is 0 Å². The number of aromatic nitrogens is 2. The summed E-state index contributed by atoms with van der Waals surface area (Å²) in [5.74, 6) is 2.67. The molecule has 3 aliphatic rings. The summed E-state index contributed by atoms with van der Waals surface area (Å²) in [5.41, 5.74) is 1.04. The molecule has 5 nitrogen and oxygen atoms in total. The van der Waals surface area contributed by atoms with Gasteiger partial charge in [0.1, 0.15) is 11.6 Å². The van der Waals surface area contributed by atoms with E-state index in [2.05, 4.69) is 22.9 Å². The minimum absolute atomic E-state index is 0.0199. The highest BCUT2D eigenvalue weighted by Crippen LogP contribution is 2.51. The van der Waals surface area contributed by atoms with Crippen LogP contribution in [0.15, 0.2) is 6.07 Å². The molecule has 2 heterocycles. The summed E-state index contributed by atoms with van der Waals surface area (Å²) in [5, 5.41) is 10.3. The van der Waals surface area contributed by atoms with Gasteiger partial charge in [-0.05, 0) is 39.5 Å². The van der Waals surface area contributed by atoms with Crippen molar-refractivity contribution in [3.63, 3.8) is 0 Å². The number of piperidine rings is 1. The maximum absolute atomic E-state index is 10.3. The SMILES string of the molecule is CCO[C@@H]1C[C@@H](O)C12CCN(c1cc(C)nc(C3CC3)n1)CC2. The van der Waals surface area contributed by atoms with Crippen LogP contribution in [0.5, 0.6) is 0 Å². The lowest BCUT2D eigenvalue weighted by molar-refractivity contribution is -0.199. The summed E-state index contributed by atoms with van der Waals surface area (Å²) < 4.78 is 5.86. The zero-order valence-electron chi connectivity index (χ0n) is 14.2. The highest BCUT2D eigenvalue weighted by atomic mass is 16.5. The van der Waals surface area contributed by atoms with Crippen molar-refractivity contribution in [2.24, 2.45) is 5.41 Å². The van der Waals surface area contributed by atoms with Gasteiger partial charge in [-0.3, -0.25) is 0 Å². The molecular weight excluding hydrogens is 290 g/mol. The molecule has 2 saturated carbocycles. The van der Waals surface area contributed by atoms with Crippen molar-refractivity contribution in [1.29, 1.82) is 0 Å². The monoisotopic (exact) mass is 317 g/mol. The summed E-state index contributed by atoms with van der Waals surface area (Å²) in [6.07, 6.45) is 5.27. The van der Waals surface area contributed by atoms with E-state index in [0.717, 1.165) is 56.3 Å².